The lowest BCUT2D eigenvalue weighted by Crippen LogP contribution is -2.46. The minimum Gasteiger partial charge on any atom is -0.375 e. The lowest BCUT2D eigenvalue weighted by Gasteiger charge is -2.33. The second kappa shape index (κ2) is 9.23. The Balaban J connectivity index is 2.45. The van der Waals surface area contributed by atoms with Gasteiger partial charge in [-0.3, -0.25) is 0 Å². The molecule has 0 radical (unpaired) electrons. The van der Waals surface area contributed by atoms with Crippen LogP contribution in [0.3, 0.4) is 0 Å². The van der Waals surface area contributed by atoms with E-state index in [4.69, 9.17) is 4.74 Å². The van der Waals surface area contributed by atoms with Crippen LogP contribution in [-0.4, -0.2) is 36.8 Å². The van der Waals surface area contributed by atoms with Crippen molar-refractivity contribution in [1.29, 1.82) is 0 Å². The van der Waals surface area contributed by atoms with Gasteiger partial charge in [0.05, 0.1) is 12.7 Å². The Bertz CT molecular complexity index is 179. The number of thioether (sulfide) groups is 1. The van der Waals surface area contributed by atoms with Crippen LogP contribution >= 0.6 is 11.8 Å². The monoisotopic (exact) mass is 259 g/mol. The molecular formula is C14H29NOS. The van der Waals surface area contributed by atoms with Crippen LogP contribution in [0.25, 0.3) is 0 Å². The molecule has 0 aliphatic carbocycles. The molecular weight excluding hydrogens is 230 g/mol. The zero-order valence-electron chi connectivity index (χ0n) is 11.7. The van der Waals surface area contributed by atoms with Crippen LogP contribution in [0.5, 0.6) is 0 Å². The van der Waals surface area contributed by atoms with Gasteiger partial charge >= 0.3 is 0 Å². The third kappa shape index (κ3) is 5.62. The fourth-order valence-corrected chi connectivity index (χ4v) is 3.36. The third-order valence-electron chi connectivity index (χ3n) is 3.69. The highest BCUT2D eigenvalue weighted by Crippen LogP contribution is 2.22. The average molecular weight is 259 g/mol. The molecule has 1 aliphatic rings. The van der Waals surface area contributed by atoms with Crippen molar-refractivity contribution >= 4 is 11.8 Å². The zero-order valence-corrected chi connectivity index (χ0v) is 12.5. The fourth-order valence-electron chi connectivity index (χ4n) is 2.42. The SMILES string of the molecule is CCCNC(CC(CC)CC)C1CSCCO1. The minimum absolute atomic E-state index is 0.431. The van der Waals surface area contributed by atoms with E-state index in [9.17, 15) is 0 Å². The number of hydrogen-bond acceptors (Lipinski definition) is 3. The van der Waals surface area contributed by atoms with Gasteiger partial charge in [0.1, 0.15) is 0 Å². The first-order chi connectivity index (χ1) is 8.31. The Labute approximate surface area is 111 Å². The lowest BCUT2D eigenvalue weighted by molar-refractivity contribution is 0.0397. The molecule has 1 saturated heterocycles. The standard InChI is InChI=1S/C14H29NOS/c1-4-7-15-13(10-12(5-2)6-3)14-11-17-9-8-16-14/h12-15H,4-11H2,1-3H3. The van der Waals surface area contributed by atoms with E-state index in [1.165, 1.54) is 37.2 Å². The molecule has 0 bridgehead atoms. The first-order valence-corrected chi connectivity index (χ1v) is 8.39. The van der Waals surface area contributed by atoms with E-state index in [1.54, 1.807) is 0 Å². The van der Waals surface area contributed by atoms with Crippen molar-refractivity contribution in [3.63, 3.8) is 0 Å². The van der Waals surface area contributed by atoms with Crippen LogP contribution in [0.1, 0.15) is 46.5 Å². The van der Waals surface area contributed by atoms with E-state index in [2.05, 4.69) is 26.1 Å². The van der Waals surface area contributed by atoms with E-state index < -0.39 is 0 Å². The van der Waals surface area contributed by atoms with Gasteiger partial charge in [0.25, 0.3) is 0 Å². The summed E-state index contributed by atoms with van der Waals surface area (Å²) in [6, 6.07) is 0.563. The molecule has 0 spiro atoms. The molecule has 1 heterocycles. The number of hydrogen-bond donors (Lipinski definition) is 1. The number of ether oxygens (including phenoxy) is 1. The molecule has 1 rings (SSSR count). The van der Waals surface area contributed by atoms with Crippen molar-refractivity contribution < 1.29 is 4.74 Å². The highest BCUT2D eigenvalue weighted by molar-refractivity contribution is 7.99. The van der Waals surface area contributed by atoms with Gasteiger partial charge in [0, 0.05) is 17.5 Å². The van der Waals surface area contributed by atoms with Gasteiger partial charge in [-0.15, -0.1) is 0 Å². The van der Waals surface area contributed by atoms with Crippen LogP contribution in [0.2, 0.25) is 0 Å². The summed E-state index contributed by atoms with van der Waals surface area (Å²) in [5.41, 5.74) is 0. The summed E-state index contributed by atoms with van der Waals surface area (Å²) in [4.78, 5) is 0. The van der Waals surface area contributed by atoms with Gasteiger partial charge in [-0.1, -0.05) is 33.6 Å². The summed E-state index contributed by atoms with van der Waals surface area (Å²) < 4.78 is 5.94. The molecule has 2 nitrogen and oxygen atoms in total. The molecule has 2 atom stereocenters. The van der Waals surface area contributed by atoms with Gasteiger partial charge in [-0.2, -0.15) is 11.8 Å². The van der Waals surface area contributed by atoms with Gasteiger partial charge in [0.2, 0.25) is 0 Å². The smallest absolute Gasteiger partial charge is 0.0818 e. The van der Waals surface area contributed by atoms with E-state index in [0.717, 1.165) is 19.1 Å². The molecule has 0 aromatic carbocycles. The normalized spacial score (nSPS) is 22.9. The maximum absolute atomic E-state index is 5.94. The average Bonchev–Trinajstić information content (AvgIpc) is 2.40. The summed E-state index contributed by atoms with van der Waals surface area (Å²) in [7, 11) is 0. The van der Waals surface area contributed by atoms with E-state index in [1.807, 2.05) is 11.8 Å². The molecule has 0 saturated carbocycles. The van der Waals surface area contributed by atoms with Crippen molar-refractivity contribution in [2.45, 2.75) is 58.6 Å². The van der Waals surface area contributed by atoms with Crippen molar-refractivity contribution in [1.82, 2.24) is 5.32 Å². The molecule has 2 unspecified atom stereocenters. The van der Waals surface area contributed by atoms with E-state index in [0.29, 0.717) is 12.1 Å². The van der Waals surface area contributed by atoms with Crippen LogP contribution < -0.4 is 5.32 Å². The largest absolute Gasteiger partial charge is 0.375 e. The fraction of sp³-hybridized carbons (Fsp3) is 1.00. The van der Waals surface area contributed by atoms with E-state index in [-0.39, 0.29) is 0 Å². The van der Waals surface area contributed by atoms with Crippen molar-refractivity contribution in [2.24, 2.45) is 5.92 Å². The Kier molecular flexibility index (Phi) is 8.33. The molecule has 102 valence electrons. The van der Waals surface area contributed by atoms with Crippen LogP contribution in [0.15, 0.2) is 0 Å². The molecule has 1 aliphatic heterocycles. The zero-order chi connectivity index (χ0) is 12.5. The Hall–Kier alpha value is 0.270. The molecule has 17 heavy (non-hydrogen) atoms. The molecule has 0 aromatic rings. The molecule has 1 fully saturated rings. The maximum atomic E-state index is 5.94. The first-order valence-electron chi connectivity index (χ1n) is 7.24. The number of rotatable bonds is 8. The van der Waals surface area contributed by atoms with Crippen LogP contribution in [0, 0.1) is 5.92 Å². The summed E-state index contributed by atoms with van der Waals surface area (Å²) in [6.07, 6.45) is 5.50. The van der Waals surface area contributed by atoms with Crippen LogP contribution in [0.4, 0.5) is 0 Å². The van der Waals surface area contributed by atoms with Gasteiger partial charge in [-0.05, 0) is 25.3 Å². The van der Waals surface area contributed by atoms with Crippen molar-refractivity contribution in [3.8, 4) is 0 Å². The van der Waals surface area contributed by atoms with Crippen LogP contribution in [-0.2, 0) is 4.74 Å². The van der Waals surface area contributed by atoms with Crippen molar-refractivity contribution in [3.05, 3.63) is 0 Å². The summed E-state index contributed by atoms with van der Waals surface area (Å²) >= 11 is 2.04. The molecule has 0 aromatic heterocycles. The third-order valence-corrected chi connectivity index (χ3v) is 4.71. The quantitative estimate of drug-likeness (QED) is 0.722. The lowest BCUT2D eigenvalue weighted by atomic mass is 9.92. The predicted molar refractivity (Wildman–Crippen MR) is 77.8 cm³/mol. The minimum atomic E-state index is 0.431. The highest BCUT2D eigenvalue weighted by atomic mass is 32.2. The summed E-state index contributed by atoms with van der Waals surface area (Å²) in [6.45, 7) is 8.90. The Morgan fingerprint density at radius 1 is 1.29 bits per heavy atom. The molecule has 3 heteroatoms. The summed E-state index contributed by atoms with van der Waals surface area (Å²) in [5.74, 6) is 3.18. The second-order valence-corrected chi connectivity index (χ2v) is 6.11. The predicted octanol–water partition coefficient (Wildman–Crippen LogP) is 3.31. The Morgan fingerprint density at radius 3 is 2.59 bits per heavy atom. The second-order valence-electron chi connectivity index (χ2n) is 4.96. The van der Waals surface area contributed by atoms with E-state index >= 15 is 0 Å². The van der Waals surface area contributed by atoms with Gasteiger partial charge in [0.15, 0.2) is 0 Å². The highest BCUT2D eigenvalue weighted by Gasteiger charge is 2.26. The van der Waals surface area contributed by atoms with Crippen molar-refractivity contribution in [2.75, 3.05) is 24.7 Å². The first kappa shape index (κ1) is 15.3. The number of nitrogens with one attached hydrogen (secondary N) is 1. The van der Waals surface area contributed by atoms with Gasteiger partial charge in [-0.25, -0.2) is 0 Å². The molecule has 0 amide bonds. The summed E-state index contributed by atoms with van der Waals surface area (Å²) in [5, 5.41) is 3.70. The Morgan fingerprint density at radius 2 is 2.06 bits per heavy atom. The van der Waals surface area contributed by atoms with Gasteiger partial charge < -0.3 is 10.1 Å². The maximum Gasteiger partial charge on any atom is 0.0818 e. The molecule has 1 N–H and O–H groups in total. The topological polar surface area (TPSA) is 21.3 Å².